The van der Waals surface area contributed by atoms with Crippen LogP contribution in [0.3, 0.4) is 0 Å². The van der Waals surface area contributed by atoms with Gasteiger partial charge in [0.25, 0.3) is 0 Å². The van der Waals surface area contributed by atoms with Gasteiger partial charge in [-0.2, -0.15) is 0 Å². The Bertz CT molecular complexity index is 167. The highest BCUT2D eigenvalue weighted by Gasteiger charge is 2.20. The molecule has 0 fully saturated rings. The molecule has 3 nitrogen and oxygen atoms in total. The monoisotopic (exact) mass is 230 g/mol. The molecule has 0 aliphatic rings. The largest absolute Gasteiger partial charge is 0.389 e. The molecule has 0 atom stereocenters. The second-order valence-corrected chi connectivity index (χ2v) is 5.04. The first-order chi connectivity index (χ1) is 7.45. The topological polar surface area (TPSA) is 35.5 Å². The van der Waals surface area contributed by atoms with Crippen molar-refractivity contribution in [1.29, 1.82) is 0 Å². The van der Waals surface area contributed by atoms with Crippen LogP contribution in [0.1, 0.15) is 47.0 Å². The van der Waals surface area contributed by atoms with Gasteiger partial charge in [-0.15, -0.1) is 0 Å². The average molecular weight is 230 g/mol. The van der Waals surface area contributed by atoms with Gasteiger partial charge in [0.2, 0.25) is 0 Å². The minimum atomic E-state index is -0.510. The first-order valence-electron chi connectivity index (χ1n) is 6.58. The van der Waals surface area contributed by atoms with Gasteiger partial charge in [-0.25, -0.2) is 0 Å². The zero-order valence-corrected chi connectivity index (χ0v) is 11.7. The van der Waals surface area contributed by atoms with Crippen LogP contribution in [0.4, 0.5) is 0 Å². The Hall–Kier alpha value is -0.120. The van der Waals surface area contributed by atoms with E-state index in [0.717, 1.165) is 32.4 Å². The number of hydrogen-bond donors (Lipinski definition) is 2. The molecule has 0 rings (SSSR count). The maximum Gasteiger partial charge on any atom is 0.0766 e. The van der Waals surface area contributed by atoms with E-state index >= 15 is 0 Å². The summed E-state index contributed by atoms with van der Waals surface area (Å²) in [5.41, 5.74) is -0.510. The zero-order valence-electron chi connectivity index (χ0n) is 11.7. The number of hydrogen-bond acceptors (Lipinski definition) is 3. The van der Waals surface area contributed by atoms with Crippen LogP contribution in [-0.2, 0) is 0 Å². The molecule has 16 heavy (non-hydrogen) atoms. The lowest BCUT2D eigenvalue weighted by molar-refractivity contribution is 0.0325. The van der Waals surface area contributed by atoms with Crippen LogP contribution in [0, 0.1) is 0 Å². The fourth-order valence-electron chi connectivity index (χ4n) is 1.53. The van der Waals surface area contributed by atoms with Gasteiger partial charge in [-0.1, -0.05) is 13.8 Å². The highest BCUT2D eigenvalue weighted by molar-refractivity contribution is 4.77. The zero-order chi connectivity index (χ0) is 12.6. The first-order valence-corrected chi connectivity index (χ1v) is 6.58. The summed E-state index contributed by atoms with van der Waals surface area (Å²) in [4.78, 5) is 2.34. The van der Waals surface area contributed by atoms with Gasteiger partial charge in [-0.05, 0) is 53.2 Å². The highest BCUT2D eigenvalue weighted by atomic mass is 16.3. The lowest BCUT2D eigenvalue weighted by Crippen LogP contribution is -2.40. The molecule has 3 heteroatoms. The molecule has 0 aromatic rings. The number of nitrogens with one attached hydrogen (secondary N) is 1. The predicted molar refractivity (Wildman–Crippen MR) is 70.8 cm³/mol. The summed E-state index contributed by atoms with van der Waals surface area (Å²) < 4.78 is 0. The molecule has 98 valence electrons. The van der Waals surface area contributed by atoms with Crippen molar-refractivity contribution in [2.24, 2.45) is 0 Å². The summed E-state index contributed by atoms with van der Waals surface area (Å²) in [6.07, 6.45) is 2.78. The second kappa shape index (κ2) is 8.04. The highest BCUT2D eigenvalue weighted by Crippen LogP contribution is 2.12. The third-order valence-electron chi connectivity index (χ3n) is 3.52. The molecule has 0 aliphatic carbocycles. The van der Waals surface area contributed by atoms with Crippen molar-refractivity contribution in [3.05, 3.63) is 0 Å². The third kappa shape index (κ3) is 6.46. The van der Waals surface area contributed by atoms with Crippen molar-refractivity contribution in [2.75, 3.05) is 26.7 Å². The van der Waals surface area contributed by atoms with Crippen LogP contribution in [-0.4, -0.2) is 48.3 Å². The van der Waals surface area contributed by atoms with Gasteiger partial charge in [-0.3, -0.25) is 0 Å². The van der Waals surface area contributed by atoms with E-state index < -0.39 is 5.60 Å². The van der Waals surface area contributed by atoms with Crippen LogP contribution in [0.5, 0.6) is 0 Å². The fourth-order valence-corrected chi connectivity index (χ4v) is 1.53. The van der Waals surface area contributed by atoms with Crippen molar-refractivity contribution in [1.82, 2.24) is 10.2 Å². The molecule has 0 heterocycles. The van der Waals surface area contributed by atoms with Crippen molar-refractivity contribution < 1.29 is 5.11 Å². The summed E-state index contributed by atoms with van der Waals surface area (Å²) in [5.74, 6) is 0. The normalized spacial score (nSPS) is 12.8. The number of rotatable bonds is 9. The van der Waals surface area contributed by atoms with Gasteiger partial charge < -0.3 is 15.3 Å². The fraction of sp³-hybridized carbons (Fsp3) is 1.00. The Morgan fingerprint density at radius 2 is 1.81 bits per heavy atom. The summed E-state index contributed by atoms with van der Waals surface area (Å²) in [5, 5.41) is 13.4. The standard InChI is InChI=1S/C13H30N2O/c1-6-13(16,7-2)11-14-9-8-10-15(5)12(3)4/h12,14,16H,6-11H2,1-5H3. The average Bonchev–Trinajstić information content (AvgIpc) is 2.27. The lowest BCUT2D eigenvalue weighted by Gasteiger charge is -2.26. The van der Waals surface area contributed by atoms with Gasteiger partial charge in [0.15, 0.2) is 0 Å². The van der Waals surface area contributed by atoms with E-state index in [4.69, 9.17) is 0 Å². The maximum atomic E-state index is 10.1. The SMILES string of the molecule is CCC(O)(CC)CNCCCN(C)C(C)C. The molecule has 0 amide bonds. The molecule has 0 saturated heterocycles. The summed E-state index contributed by atoms with van der Waals surface area (Å²) in [6.45, 7) is 11.3. The molecular formula is C13H30N2O. The number of aliphatic hydroxyl groups is 1. The Labute approximate surface area is 101 Å². The molecule has 0 aromatic heterocycles. The minimum Gasteiger partial charge on any atom is -0.389 e. The van der Waals surface area contributed by atoms with Crippen LogP contribution < -0.4 is 5.32 Å². The van der Waals surface area contributed by atoms with Gasteiger partial charge >= 0.3 is 0 Å². The second-order valence-electron chi connectivity index (χ2n) is 5.04. The Morgan fingerprint density at radius 1 is 1.25 bits per heavy atom. The molecule has 0 saturated carbocycles. The molecular weight excluding hydrogens is 200 g/mol. The van der Waals surface area contributed by atoms with Crippen molar-refractivity contribution in [3.8, 4) is 0 Å². The first kappa shape index (κ1) is 15.9. The molecule has 0 bridgehead atoms. The van der Waals surface area contributed by atoms with Crippen molar-refractivity contribution in [2.45, 2.75) is 58.6 Å². The van der Waals surface area contributed by atoms with E-state index in [1.165, 1.54) is 0 Å². The van der Waals surface area contributed by atoms with E-state index in [1.807, 2.05) is 13.8 Å². The Balaban J connectivity index is 3.53. The van der Waals surface area contributed by atoms with Crippen LogP contribution in [0.15, 0.2) is 0 Å². The molecule has 0 aliphatic heterocycles. The summed E-state index contributed by atoms with van der Waals surface area (Å²) in [7, 11) is 2.15. The van der Waals surface area contributed by atoms with E-state index in [-0.39, 0.29) is 0 Å². The van der Waals surface area contributed by atoms with Crippen LogP contribution in [0.2, 0.25) is 0 Å². The van der Waals surface area contributed by atoms with E-state index in [2.05, 4.69) is 31.1 Å². The maximum absolute atomic E-state index is 10.1. The molecule has 0 radical (unpaired) electrons. The van der Waals surface area contributed by atoms with Crippen molar-refractivity contribution >= 4 is 0 Å². The Kier molecular flexibility index (Phi) is 7.98. The summed E-state index contributed by atoms with van der Waals surface area (Å²) in [6, 6.07) is 0.614. The number of nitrogens with zero attached hydrogens (tertiary/aromatic N) is 1. The molecule has 2 N–H and O–H groups in total. The van der Waals surface area contributed by atoms with Crippen LogP contribution in [0.25, 0.3) is 0 Å². The van der Waals surface area contributed by atoms with Crippen LogP contribution >= 0.6 is 0 Å². The quantitative estimate of drug-likeness (QED) is 0.594. The third-order valence-corrected chi connectivity index (χ3v) is 3.52. The summed E-state index contributed by atoms with van der Waals surface area (Å²) >= 11 is 0. The minimum absolute atomic E-state index is 0.510. The predicted octanol–water partition coefficient (Wildman–Crippen LogP) is 1.86. The van der Waals surface area contributed by atoms with Gasteiger partial charge in [0.05, 0.1) is 5.60 Å². The Morgan fingerprint density at radius 3 is 2.25 bits per heavy atom. The van der Waals surface area contributed by atoms with Crippen molar-refractivity contribution in [3.63, 3.8) is 0 Å². The molecule has 0 unspecified atom stereocenters. The van der Waals surface area contributed by atoms with E-state index in [9.17, 15) is 5.11 Å². The molecule has 0 aromatic carbocycles. The van der Waals surface area contributed by atoms with E-state index in [1.54, 1.807) is 0 Å². The van der Waals surface area contributed by atoms with Gasteiger partial charge in [0, 0.05) is 12.6 Å². The lowest BCUT2D eigenvalue weighted by atomic mass is 9.98. The molecule has 0 spiro atoms. The smallest absolute Gasteiger partial charge is 0.0766 e. The van der Waals surface area contributed by atoms with E-state index in [0.29, 0.717) is 12.6 Å². The van der Waals surface area contributed by atoms with Gasteiger partial charge in [0.1, 0.15) is 0 Å².